The summed E-state index contributed by atoms with van der Waals surface area (Å²) in [6.45, 7) is -0.351. The zero-order chi connectivity index (χ0) is 14.3. The summed E-state index contributed by atoms with van der Waals surface area (Å²) in [6.07, 6.45) is -5.22. The van der Waals surface area contributed by atoms with Crippen molar-refractivity contribution in [2.75, 3.05) is 19.8 Å². The van der Waals surface area contributed by atoms with E-state index in [1.807, 2.05) is 0 Å². The Morgan fingerprint density at radius 2 is 1.95 bits per heavy atom. The maximum absolute atomic E-state index is 11.8. The van der Waals surface area contributed by atoms with Gasteiger partial charge in [0.2, 0.25) is 0 Å². The molecule has 7 heteroatoms. The van der Waals surface area contributed by atoms with Gasteiger partial charge in [-0.15, -0.1) is 0 Å². The average Bonchev–Trinajstić information content (AvgIpc) is 2.32. The Hall–Kier alpha value is -1.76. The third kappa shape index (κ3) is 6.66. The van der Waals surface area contributed by atoms with Crippen LogP contribution in [0.15, 0.2) is 24.3 Å². The highest BCUT2D eigenvalue weighted by molar-refractivity contribution is 5.87. The molecule has 1 rings (SSSR count). The van der Waals surface area contributed by atoms with Crippen LogP contribution in [-0.4, -0.2) is 37.1 Å². The Morgan fingerprint density at radius 3 is 2.58 bits per heavy atom. The first-order valence-electron chi connectivity index (χ1n) is 5.49. The number of alkyl halides is 3. The molecule has 0 heterocycles. The first-order chi connectivity index (χ1) is 8.88. The van der Waals surface area contributed by atoms with Gasteiger partial charge in [0.05, 0.1) is 25.2 Å². The maximum atomic E-state index is 11.8. The molecule has 19 heavy (non-hydrogen) atoms. The summed E-state index contributed by atoms with van der Waals surface area (Å²) in [5, 5.41) is 8.74. The lowest BCUT2D eigenvalue weighted by atomic mass is 10.2. The number of benzene rings is 1. The van der Waals surface area contributed by atoms with E-state index >= 15 is 0 Å². The minimum Gasteiger partial charge on any atom is -0.491 e. The number of halogens is 3. The van der Waals surface area contributed by atoms with E-state index in [9.17, 15) is 18.0 Å². The predicted molar refractivity (Wildman–Crippen MR) is 60.4 cm³/mol. The molecular formula is C12H13F3O4. The molecule has 0 aromatic heterocycles. The van der Waals surface area contributed by atoms with E-state index < -0.39 is 25.2 Å². The molecule has 1 aromatic rings. The second-order valence-electron chi connectivity index (χ2n) is 3.66. The number of aromatic carboxylic acids is 1. The number of rotatable bonds is 7. The SMILES string of the molecule is O=C(O)c1cccc(OCCOCCC(F)(F)F)c1. The molecule has 0 saturated carbocycles. The van der Waals surface area contributed by atoms with Gasteiger partial charge in [0.1, 0.15) is 12.4 Å². The van der Waals surface area contributed by atoms with Crippen molar-refractivity contribution >= 4 is 5.97 Å². The van der Waals surface area contributed by atoms with Crippen molar-refractivity contribution in [2.45, 2.75) is 12.6 Å². The Bertz CT molecular complexity index is 418. The van der Waals surface area contributed by atoms with Gasteiger partial charge in [-0.1, -0.05) is 6.07 Å². The van der Waals surface area contributed by atoms with Gasteiger partial charge < -0.3 is 14.6 Å². The third-order valence-electron chi connectivity index (χ3n) is 2.11. The molecule has 0 atom stereocenters. The standard InChI is InChI=1S/C12H13F3O4/c13-12(14,15)4-5-18-6-7-19-10-3-1-2-9(8-10)11(16)17/h1-3,8H,4-7H2,(H,16,17). The molecule has 0 saturated heterocycles. The van der Waals surface area contributed by atoms with Crippen LogP contribution in [0.3, 0.4) is 0 Å². The molecule has 0 fully saturated rings. The monoisotopic (exact) mass is 278 g/mol. The summed E-state index contributed by atoms with van der Waals surface area (Å²) in [7, 11) is 0. The molecule has 0 amide bonds. The fourth-order valence-corrected chi connectivity index (χ4v) is 1.23. The van der Waals surface area contributed by atoms with Gasteiger partial charge in [-0.3, -0.25) is 0 Å². The van der Waals surface area contributed by atoms with Gasteiger partial charge in [0.25, 0.3) is 0 Å². The van der Waals surface area contributed by atoms with Crippen LogP contribution in [0.4, 0.5) is 13.2 Å². The van der Waals surface area contributed by atoms with E-state index in [0.29, 0.717) is 5.75 Å². The van der Waals surface area contributed by atoms with Crippen LogP contribution >= 0.6 is 0 Å². The molecule has 0 unspecified atom stereocenters. The quantitative estimate of drug-likeness (QED) is 0.779. The summed E-state index contributed by atoms with van der Waals surface area (Å²) in [4.78, 5) is 10.7. The molecule has 1 N–H and O–H groups in total. The molecule has 0 aliphatic heterocycles. The Balaban J connectivity index is 2.23. The fraction of sp³-hybridized carbons (Fsp3) is 0.417. The lowest BCUT2D eigenvalue weighted by molar-refractivity contribution is -0.145. The van der Waals surface area contributed by atoms with E-state index in [1.54, 1.807) is 6.07 Å². The Labute approximate surface area is 107 Å². The number of carboxylic acids is 1. The van der Waals surface area contributed by atoms with Crippen molar-refractivity contribution in [2.24, 2.45) is 0 Å². The maximum Gasteiger partial charge on any atom is 0.391 e. The van der Waals surface area contributed by atoms with E-state index in [-0.39, 0.29) is 18.8 Å². The second kappa shape index (κ2) is 6.98. The average molecular weight is 278 g/mol. The second-order valence-corrected chi connectivity index (χ2v) is 3.66. The minimum atomic E-state index is -4.23. The third-order valence-corrected chi connectivity index (χ3v) is 2.11. The van der Waals surface area contributed by atoms with Crippen molar-refractivity contribution < 1.29 is 32.5 Å². The molecule has 0 radical (unpaired) electrons. The van der Waals surface area contributed by atoms with Crippen molar-refractivity contribution in [1.82, 2.24) is 0 Å². The summed E-state index contributed by atoms with van der Waals surface area (Å²) in [5.41, 5.74) is 0.0792. The Kier molecular flexibility index (Phi) is 5.62. The van der Waals surface area contributed by atoms with Crippen LogP contribution < -0.4 is 4.74 Å². The van der Waals surface area contributed by atoms with Gasteiger partial charge in [0, 0.05) is 0 Å². The van der Waals surface area contributed by atoms with E-state index in [1.165, 1.54) is 18.2 Å². The molecule has 0 aliphatic carbocycles. The van der Waals surface area contributed by atoms with Gasteiger partial charge in [-0.2, -0.15) is 13.2 Å². The van der Waals surface area contributed by atoms with Crippen LogP contribution in [0.25, 0.3) is 0 Å². The van der Waals surface area contributed by atoms with Gasteiger partial charge in [-0.05, 0) is 18.2 Å². The molecule has 106 valence electrons. The van der Waals surface area contributed by atoms with Crippen LogP contribution in [0.1, 0.15) is 16.8 Å². The van der Waals surface area contributed by atoms with Crippen molar-refractivity contribution in [1.29, 1.82) is 0 Å². The molecule has 0 spiro atoms. The summed E-state index contributed by atoms with van der Waals surface area (Å²) in [5.74, 6) is -0.744. The first-order valence-corrected chi connectivity index (χ1v) is 5.49. The van der Waals surface area contributed by atoms with Crippen LogP contribution in [0, 0.1) is 0 Å². The molecule has 4 nitrogen and oxygen atoms in total. The smallest absolute Gasteiger partial charge is 0.391 e. The van der Waals surface area contributed by atoms with E-state index in [4.69, 9.17) is 14.6 Å². The zero-order valence-corrected chi connectivity index (χ0v) is 9.94. The molecular weight excluding hydrogens is 265 g/mol. The van der Waals surface area contributed by atoms with Crippen molar-refractivity contribution in [3.63, 3.8) is 0 Å². The van der Waals surface area contributed by atoms with E-state index in [2.05, 4.69) is 0 Å². The largest absolute Gasteiger partial charge is 0.491 e. The number of carbonyl (C=O) groups is 1. The van der Waals surface area contributed by atoms with Gasteiger partial charge in [0.15, 0.2) is 0 Å². The highest BCUT2D eigenvalue weighted by Crippen LogP contribution is 2.19. The van der Waals surface area contributed by atoms with Crippen LogP contribution in [-0.2, 0) is 4.74 Å². The summed E-state index contributed by atoms with van der Waals surface area (Å²) >= 11 is 0. The van der Waals surface area contributed by atoms with Crippen molar-refractivity contribution in [3.8, 4) is 5.75 Å². The van der Waals surface area contributed by atoms with Crippen LogP contribution in [0.5, 0.6) is 5.75 Å². The van der Waals surface area contributed by atoms with Gasteiger partial charge in [-0.25, -0.2) is 4.79 Å². The minimum absolute atomic E-state index is 0.00732. The number of ether oxygens (including phenoxy) is 2. The predicted octanol–water partition coefficient (Wildman–Crippen LogP) is 2.73. The normalized spacial score (nSPS) is 11.3. The number of hydrogen-bond acceptors (Lipinski definition) is 3. The lowest BCUT2D eigenvalue weighted by Gasteiger charge is -2.09. The van der Waals surface area contributed by atoms with E-state index in [0.717, 1.165) is 0 Å². The topological polar surface area (TPSA) is 55.8 Å². The van der Waals surface area contributed by atoms with Crippen molar-refractivity contribution in [3.05, 3.63) is 29.8 Å². The summed E-state index contributed by atoms with van der Waals surface area (Å²) in [6, 6.07) is 5.82. The van der Waals surface area contributed by atoms with Crippen LogP contribution in [0.2, 0.25) is 0 Å². The Morgan fingerprint density at radius 1 is 1.21 bits per heavy atom. The number of hydrogen-bond donors (Lipinski definition) is 1. The first kappa shape index (κ1) is 15.3. The molecule has 0 aliphatic rings. The zero-order valence-electron chi connectivity index (χ0n) is 9.94. The summed E-state index contributed by atoms with van der Waals surface area (Å²) < 4.78 is 45.3. The lowest BCUT2D eigenvalue weighted by Crippen LogP contribution is -2.14. The highest BCUT2D eigenvalue weighted by atomic mass is 19.4. The highest BCUT2D eigenvalue weighted by Gasteiger charge is 2.26. The van der Waals surface area contributed by atoms with Gasteiger partial charge >= 0.3 is 12.1 Å². The fourth-order valence-electron chi connectivity index (χ4n) is 1.23. The molecule has 1 aromatic carbocycles. The molecule has 0 bridgehead atoms. The number of carboxylic acid groups (broad SMARTS) is 1.